The first-order chi connectivity index (χ1) is 13.7. The minimum absolute atomic E-state index is 0.292. The second-order valence-electron chi connectivity index (χ2n) is 7.85. The van der Waals surface area contributed by atoms with Gasteiger partial charge in [-0.2, -0.15) is 0 Å². The fourth-order valence-electron chi connectivity index (χ4n) is 2.78. The molecule has 0 saturated carbocycles. The van der Waals surface area contributed by atoms with Gasteiger partial charge in [0.05, 0.1) is 0 Å². The van der Waals surface area contributed by atoms with Gasteiger partial charge in [-0.3, -0.25) is 14.4 Å². The molecule has 6 nitrogen and oxygen atoms in total. The van der Waals surface area contributed by atoms with E-state index in [4.69, 9.17) is 4.74 Å². The van der Waals surface area contributed by atoms with Gasteiger partial charge in [-0.15, -0.1) is 0 Å². The first-order valence-electron chi connectivity index (χ1n) is 9.51. The SMILES string of the molecule is Cc1cccc(C(=O)NCC(=O)OCC(=O)N(Cc2ccccc2)C(C)(C)C)c1. The molecule has 0 saturated heterocycles. The van der Waals surface area contributed by atoms with Gasteiger partial charge in [-0.05, 0) is 45.4 Å². The van der Waals surface area contributed by atoms with Gasteiger partial charge >= 0.3 is 5.97 Å². The predicted octanol–water partition coefficient (Wildman–Crippen LogP) is 3.10. The van der Waals surface area contributed by atoms with Crippen LogP contribution in [-0.4, -0.2) is 41.4 Å². The number of amides is 2. The zero-order valence-electron chi connectivity index (χ0n) is 17.4. The summed E-state index contributed by atoms with van der Waals surface area (Å²) in [6, 6.07) is 16.7. The van der Waals surface area contributed by atoms with Gasteiger partial charge in [0.2, 0.25) is 0 Å². The Kier molecular flexibility index (Phi) is 7.53. The van der Waals surface area contributed by atoms with Crippen molar-refractivity contribution in [2.45, 2.75) is 39.8 Å². The molecule has 2 aromatic carbocycles. The van der Waals surface area contributed by atoms with E-state index in [1.54, 1.807) is 23.1 Å². The lowest BCUT2D eigenvalue weighted by Crippen LogP contribution is -2.47. The standard InChI is InChI=1S/C23H28N2O4/c1-17-9-8-12-19(13-17)22(28)24-14-21(27)29-16-20(26)25(23(2,3)4)15-18-10-6-5-7-11-18/h5-13H,14-16H2,1-4H3,(H,24,28). The van der Waals surface area contributed by atoms with E-state index in [2.05, 4.69) is 5.32 Å². The molecule has 0 spiro atoms. The van der Waals surface area contributed by atoms with E-state index in [0.29, 0.717) is 12.1 Å². The molecule has 0 bridgehead atoms. The van der Waals surface area contributed by atoms with Crippen molar-refractivity contribution in [3.63, 3.8) is 0 Å². The number of nitrogens with one attached hydrogen (secondary N) is 1. The Bertz CT molecular complexity index is 857. The van der Waals surface area contributed by atoms with Crippen LogP contribution in [-0.2, 0) is 20.9 Å². The molecule has 0 unspecified atom stereocenters. The number of carbonyl (C=O) groups is 3. The lowest BCUT2D eigenvalue weighted by atomic mass is 10.0. The van der Waals surface area contributed by atoms with Crippen LogP contribution in [0.4, 0.5) is 0 Å². The lowest BCUT2D eigenvalue weighted by Gasteiger charge is -2.35. The van der Waals surface area contributed by atoms with Gasteiger partial charge in [0.15, 0.2) is 6.61 Å². The van der Waals surface area contributed by atoms with Crippen molar-refractivity contribution in [1.29, 1.82) is 0 Å². The average molecular weight is 396 g/mol. The van der Waals surface area contributed by atoms with Crippen molar-refractivity contribution in [1.82, 2.24) is 10.2 Å². The van der Waals surface area contributed by atoms with Crippen LogP contribution in [0.1, 0.15) is 42.3 Å². The second kappa shape index (κ2) is 9.87. The Labute approximate surface area is 171 Å². The monoisotopic (exact) mass is 396 g/mol. The normalized spacial score (nSPS) is 10.9. The summed E-state index contributed by atoms with van der Waals surface area (Å²) in [7, 11) is 0. The van der Waals surface area contributed by atoms with Crippen molar-refractivity contribution < 1.29 is 19.1 Å². The molecule has 1 N–H and O–H groups in total. The largest absolute Gasteiger partial charge is 0.454 e. The number of carbonyl (C=O) groups excluding carboxylic acids is 3. The van der Waals surface area contributed by atoms with Gasteiger partial charge in [-0.1, -0.05) is 48.0 Å². The third-order valence-electron chi connectivity index (χ3n) is 4.32. The zero-order chi connectivity index (χ0) is 21.4. The minimum atomic E-state index is -0.659. The first-order valence-corrected chi connectivity index (χ1v) is 9.51. The minimum Gasteiger partial charge on any atom is -0.454 e. The van der Waals surface area contributed by atoms with Gasteiger partial charge < -0.3 is 15.0 Å². The summed E-state index contributed by atoms with van der Waals surface area (Å²) in [4.78, 5) is 38.4. The quantitative estimate of drug-likeness (QED) is 0.730. The van der Waals surface area contributed by atoms with Gasteiger partial charge in [0.1, 0.15) is 6.54 Å². The summed E-state index contributed by atoms with van der Waals surface area (Å²) < 4.78 is 5.08. The third-order valence-corrected chi connectivity index (χ3v) is 4.32. The predicted molar refractivity (Wildman–Crippen MR) is 111 cm³/mol. The summed E-state index contributed by atoms with van der Waals surface area (Å²) in [6.45, 7) is 7.42. The molecule has 6 heteroatoms. The number of rotatable bonds is 7. The molecule has 0 aromatic heterocycles. The molecule has 2 aromatic rings. The maximum atomic E-state index is 12.7. The summed E-state index contributed by atoms with van der Waals surface area (Å²) in [5.41, 5.74) is 1.98. The highest BCUT2D eigenvalue weighted by Crippen LogP contribution is 2.17. The van der Waals surface area contributed by atoms with Crippen LogP contribution in [0.5, 0.6) is 0 Å². The number of aryl methyl sites for hydroxylation is 1. The summed E-state index contributed by atoms with van der Waals surface area (Å²) in [6.07, 6.45) is 0. The lowest BCUT2D eigenvalue weighted by molar-refractivity contribution is -0.153. The summed E-state index contributed by atoms with van der Waals surface area (Å²) in [5.74, 6) is -1.31. The Morgan fingerprint density at radius 3 is 2.31 bits per heavy atom. The number of nitrogens with zero attached hydrogens (tertiary/aromatic N) is 1. The maximum absolute atomic E-state index is 12.7. The van der Waals surface area contributed by atoms with Crippen molar-refractivity contribution in [2.75, 3.05) is 13.2 Å². The van der Waals surface area contributed by atoms with E-state index < -0.39 is 11.5 Å². The van der Waals surface area contributed by atoms with Gasteiger partial charge in [0, 0.05) is 17.6 Å². The summed E-state index contributed by atoms with van der Waals surface area (Å²) >= 11 is 0. The molecule has 0 fully saturated rings. The van der Waals surface area contributed by atoms with E-state index in [1.165, 1.54) is 0 Å². The van der Waals surface area contributed by atoms with E-state index >= 15 is 0 Å². The van der Waals surface area contributed by atoms with Crippen LogP contribution in [0.25, 0.3) is 0 Å². The van der Waals surface area contributed by atoms with E-state index in [0.717, 1.165) is 11.1 Å². The highest BCUT2D eigenvalue weighted by atomic mass is 16.5. The maximum Gasteiger partial charge on any atom is 0.325 e. The smallest absolute Gasteiger partial charge is 0.325 e. The molecular formula is C23H28N2O4. The van der Waals surface area contributed by atoms with Crippen LogP contribution < -0.4 is 5.32 Å². The van der Waals surface area contributed by atoms with Crippen LogP contribution in [0, 0.1) is 6.92 Å². The van der Waals surface area contributed by atoms with Crippen LogP contribution >= 0.6 is 0 Å². The zero-order valence-corrected chi connectivity index (χ0v) is 17.4. The number of ether oxygens (including phenoxy) is 1. The molecule has 2 amide bonds. The third kappa shape index (κ3) is 7.07. The highest BCUT2D eigenvalue weighted by molar-refractivity contribution is 5.96. The van der Waals surface area contributed by atoms with Crippen molar-refractivity contribution in [3.05, 3.63) is 71.3 Å². The first kappa shape index (κ1) is 22.1. The second-order valence-corrected chi connectivity index (χ2v) is 7.85. The molecular weight excluding hydrogens is 368 g/mol. The Morgan fingerprint density at radius 1 is 1.00 bits per heavy atom. The fraction of sp³-hybridized carbons (Fsp3) is 0.348. The van der Waals surface area contributed by atoms with Gasteiger partial charge in [0.25, 0.3) is 11.8 Å². The van der Waals surface area contributed by atoms with Gasteiger partial charge in [-0.25, -0.2) is 0 Å². The molecule has 0 aliphatic heterocycles. The molecule has 29 heavy (non-hydrogen) atoms. The van der Waals surface area contributed by atoms with E-state index in [-0.39, 0.29) is 25.0 Å². The summed E-state index contributed by atoms with van der Waals surface area (Å²) in [5, 5.41) is 2.51. The Hall–Kier alpha value is -3.15. The molecule has 0 heterocycles. The highest BCUT2D eigenvalue weighted by Gasteiger charge is 2.27. The van der Waals surface area contributed by atoms with E-state index in [1.807, 2.05) is 64.1 Å². The number of hydrogen-bond donors (Lipinski definition) is 1. The molecule has 0 aliphatic carbocycles. The average Bonchev–Trinajstić information content (AvgIpc) is 2.68. The van der Waals surface area contributed by atoms with Crippen molar-refractivity contribution in [3.8, 4) is 0 Å². The molecule has 154 valence electrons. The van der Waals surface area contributed by atoms with Crippen LogP contribution in [0.15, 0.2) is 54.6 Å². The molecule has 2 rings (SSSR count). The van der Waals surface area contributed by atoms with E-state index in [9.17, 15) is 14.4 Å². The van der Waals surface area contributed by atoms with Crippen molar-refractivity contribution >= 4 is 17.8 Å². The number of hydrogen-bond acceptors (Lipinski definition) is 4. The van der Waals surface area contributed by atoms with Crippen LogP contribution in [0.3, 0.4) is 0 Å². The van der Waals surface area contributed by atoms with Crippen molar-refractivity contribution in [2.24, 2.45) is 0 Å². The number of benzene rings is 2. The number of esters is 1. The molecule has 0 radical (unpaired) electrons. The Morgan fingerprint density at radius 2 is 1.69 bits per heavy atom. The Balaban J connectivity index is 1.86. The molecule has 0 aliphatic rings. The fourth-order valence-corrected chi connectivity index (χ4v) is 2.78. The van der Waals surface area contributed by atoms with Crippen LogP contribution in [0.2, 0.25) is 0 Å². The molecule has 0 atom stereocenters. The topological polar surface area (TPSA) is 75.7 Å².